The van der Waals surface area contributed by atoms with E-state index in [-0.39, 0.29) is 31.6 Å². The lowest BCUT2D eigenvalue weighted by molar-refractivity contribution is -0.159. The standard InChI is InChI=1S/C20H23FN2O6/c1-4-6-7-15-14(10-13(3)21)11-22(18(15)25)16-8-9-17(24)23(19(16)26)12-29-20(27)28-5-2/h4,6-7,10,16H,3,5,8-9,11-12H2,1-2H3/b6-4+,14-10-,15-7+. The SMILES string of the molecule is C=C(F)/C=C1/CN(C2CCC(=O)N(COC(=O)OCC)C2=O)C(=O)/C1=C/C=C/C. The van der Waals surface area contributed by atoms with Crippen molar-refractivity contribution in [2.75, 3.05) is 19.9 Å². The molecule has 0 radical (unpaired) electrons. The van der Waals surface area contributed by atoms with Crippen molar-refractivity contribution in [3.8, 4) is 0 Å². The van der Waals surface area contributed by atoms with Crippen LogP contribution in [0.1, 0.15) is 26.7 Å². The van der Waals surface area contributed by atoms with Crippen molar-refractivity contribution in [2.45, 2.75) is 32.7 Å². The molecule has 0 aromatic heterocycles. The number of imide groups is 1. The molecule has 0 N–H and O–H groups in total. The first-order chi connectivity index (χ1) is 13.8. The van der Waals surface area contributed by atoms with Crippen LogP contribution in [0.2, 0.25) is 0 Å². The number of likely N-dealkylation sites (tertiary alicyclic amines) is 2. The molecule has 0 aromatic rings. The van der Waals surface area contributed by atoms with E-state index in [0.29, 0.717) is 5.57 Å². The van der Waals surface area contributed by atoms with E-state index < -0.39 is 42.5 Å². The highest BCUT2D eigenvalue weighted by molar-refractivity contribution is 6.07. The summed E-state index contributed by atoms with van der Waals surface area (Å²) >= 11 is 0. The van der Waals surface area contributed by atoms with Crippen molar-refractivity contribution in [2.24, 2.45) is 0 Å². The lowest BCUT2D eigenvalue weighted by atomic mass is 10.0. The van der Waals surface area contributed by atoms with Gasteiger partial charge in [0.1, 0.15) is 11.9 Å². The Morgan fingerprint density at radius 1 is 1.31 bits per heavy atom. The molecule has 0 aromatic carbocycles. The van der Waals surface area contributed by atoms with Crippen LogP contribution in [0, 0.1) is 0 Å². The van der Waals surface area contributed by atoms with Crippen LogP contribution in [0.4, 0.5) is 9.18 Å². The number of piperidine rings is 1. The van der Waals surface area contributed by atoms with Crippen LogP contribution < -0.4 is 0 Å². The molecule has 2 aliphatic heterocycles. The number of rotatable bonds is 6. The fourth-order valence-electron chi connectivity index (χ4n) is 3.09. The zero-order valence-corrected chi connectivity index (χ0v) is 16.4. The van der Waals surface area contributed by atoms with E-state index in [2.05, 4.69) is 11.3 Å². The maximum atomic E-state index is 13.3. The highest BCUT2D eigenvalue weighted by Gasteiger charge is 2.44. The summed E-state index contributed by atoms with van der Waals surface area (Å²) in [7, 11) is 0. The van der Waals surface area contributed by atoms with Gasteiger partial charge < -0.3 is 14.4 Å². The number of amides is 3. The third kappa shape index (κ3) is 5.18. The predicted molar refractivity (Wildman–Crippen MR) is 101 cm³/mol. The number of hydrogen-bond donors (Lipinski definition) is 0. The molecular weight excluding hydrogens is 383 g/mol. The van der Waals surface area contributed by atoms with Gasteiger partial charge in [-0.3, -0.25) is 14.4 Å². The van der Waals surface area contributed by atoms with Gasteiger partial charge in [-0.05, 0) is 38.0 Å². The van der Waals surface area contributed by atoms with Gasteiger partial charge in [0.15, 0.2) is 6.73 Å². The van der Waals surface area contributed by atoms with E-state index in [4.69, 9.17) is 4.74 Å². The quantitative estimate of drug-likeness (QED) is 0.382. The van der Waals surface area contributed by atoms with Crippen molar-refractivity contribution >= 4 is 23.9 Å². The second kappa shape index (κ2) is 9.81. The molecule has 8 nitrogen and oxygen atoms in total. The molecule has 0 aliphatic carbocycles. The molecule has 1 atom stereocenters. The van der Waals surface area contributed by atoms with Crippen LogP contribution in [0.15, 0.2) is 47.9 Å². The first-order valence-corrected chi connectivity index (χ1v) is 9.13. The topological polar surface area (TPSA) is 93.2 Å². The lowest BCUT2D eigenvalue weighted by Gasteiger charge is -2.34. The van der Waals surface area contributed by atoms with E-state index >= 15 is 0 Å². The molecule has 2 fully saturated rings. The average Bonchev–Trinajstić information content (AvgIpc) is 2.95. The van der Waals surface area contributed by atoms with Crippen molar-refractivity contribution in [3.05, 3.63) is 47.9 Å². The number of allylic oxidation sites excluding steroid dienone is 5. The Labute approximate surface area is 167 Å². The maximum absolute atomic E-state index is 13.3. The van der Waals surface area contributed by atoms with Crippen molar-refractivity contribution in [3.63, 3.8) is 0 Å². The molecule has 0 bridgehead atoms. The molecule has 1 unspecified atom stereocenters. The van der Waals surface area contributed by atoms with Crippen LogP contribution in [0.5, 0.6) is 0 Å². The lowest BCUT2D eigenvalue weighted by Crippen LogP contribution is -2.55. The van der Waals surface area contributed by atoms with Crippen LogP contribution >= 0.6 is 0 Å². The smallest absolute Gasteiger partial charge is 0.435 e. The summed E-state index contributed by atoms with van der Waals surface area (Å²) in [5.41, 5.74) is 0.639. The van der Waals surface area contributed by atoms with Gasteiger partial charge >= 0.3 is 6.16 Å². The number of halogens is 1. The van der Waals surface area contributed by atoms with Gasteiger partial charge in [0.25, 0.3) is 11.8 Å². The molecule has 0 saturated carbocycles. The Kier molecular flexibility index (Phi) is 7.46. The highest BCUT2D eigenvalue weighted by Crippen LogP contribution is 2.30. The third-order valence-electron chi connectivity index (χ3n) is 4.40. The predicted octanol–water partition coefficient (Wildman–Crippen LogP) is 2.39. The van der Waals surface area contributed by atoms with Crippen molar-refractivity contribution < 1.29 is 33.0 Å². The van der Waals surface area contributed by atoms with E-state index in [1.165, 1.54) is 11.0 Å². The number of ether oxygens (including phenoxy) is 2. The molecule has 0 spiro atoms. The molecule has 156 valence electrons. The second-order valence-electron chi connectivity index (χ2n) is 6.33. The van der Waals surface area contributed by atoms with Gasteiger partial charge in [-0.25, -0.2) is 14.1 Å². The fraction of sp³-hybridized carbons (Fsp3) is 0.400. The largest absolute Gasteiger partial charge is 0.510 e. The minimum absolute atomic E-state index is 0.00231. The van der Waals surface area contributed by atoms with Crippen molar-refractivity contribution in [1.82, 2.24) is 9.80 Å². The normalized spacial score (nSPS) is 22.9. The van der Waals surface area contributed by atoms with E-state index in [1.54, 1.807) is 26.0 Å². The first-order valence-electron chi connectivity index (χ1n) is 9.13. The second-order valence-corrected chi connectivity index (χ2v) is 6.33. The maximum Gasteiger partial charge on any atom is 0.510 e. The Morgan fingerprint density at radius 2 is 2.03 bits per heavy atom. The van der Waals surface area contributed by atoms with E-state index in [0.717, 1.165) is 11.0 Å². The Bertz CT molecular complexity index is 814. The van der Waals surface area contributed by atoms with Crippen LogP contribution in [0.3, 0.4) is 0 Å². The van der Waals surface area contributed by atoms with Gasteiger partial charge in [-0.2, -0.15) is 0 Å². The van der Waals surface area contributed by atoms with Gasteiger partial charge in [0.2, 0.25) is 5.91 Å². The van der Waals surface area contributed by atoms with Crippen LogP contribution in [-0.4, -0.2) is 59.6 Å². The third-order valence-corrected chi connectivity index (χ3v) is 4.40. The molecule has 3 amide bonds. The minimum Gasteiger partial charge on any atom is -0.435 e. The number of carbonyl (C=O) groups excluding carboxylic acids is 4. The summed E-state index contributed by atoms with van der Waals surface area (Å²) in [6, 6.07) is -0.932. The fourth-order valence-corrected chi connectivity index (χ4v) is 3.09. The summed E-state index contributed by atoms with van der Waals surface area (Å²) in [5.74, 6) is -2.34. The molecule has 2 aliphatic rings. The number of carbonyl (C=O) groups is 4. The summed E-state index contributed by atoms with van der Waals surface area (Å²) in [6.07, 6.45) is 5.15. The Balaban J connectivity index is 2.23. The minimum atomic E-state index is -1.00. The van der Waals surface area contributed by atoms with E-state index in [1.807, 2.05) is 0 Å². The van der Waals surface area contributed by atoms with Gasteiger partial charge in [0.05, 0.1) is 6.61 Å². The summed E-state index contributed by atoms with van der Waals surface area (Å²) in [6.45, 7) is 6.04. The highest BCUT2D eigenvalue weighted by atomic mass is 19.1. The summed E-state index contributed by atoms with van der Waals surface area (Å²) < 4.78 is 22.7. The molecule has 29 heavy (non-hydrogen) atoms. The first kappa shape index (κ1) is 22.1. The zero-order valence-electron chi connectivity index (χ0n) is 16.4. The summed E-state index contributed by atoms with van der Waals surface area (Å²) in [5, 5.41) is 0. The zero-order chi connectivity index (χ0) is 21.6. The molecular formula is C20H23FN2O6. The van der Waals surface area contributed by atoms with Gasteiger partial charge in [-0.15, -0.1) is 0 Å². The Hall–Kier alpha value is -3.23. The molecule has 2 rings (SSSR count). The summed E-state index contributed by atoms with van der Waals surface area (Å²) in [4.78, 5) is 51.2. The Morgan fingerprint density at radius 3 is 2.66 bits per heavy atom. The molecule has 2 heterocycles. The van der Waals surface area contributed by atoms with Crippen LogP contribution in [-0.2, 0) is 23.9 Å². The molecule has 9 heteroatoms. The molecule has 2 saturated heterocycles. The van der Waals surface area contributed by atoms with Crippen LogP contribution in [0.25, 0.3) is 0 Å². The van der Waals surface area contributed by atoms with Gasteiger partial charge in [0, 0.05) is 18.5 Å². The number of nitrogens with zero attached hydrogens (tertiary/aromatic N) is 2. The van der Waals surface area contributed by atoms with Gasteiger partial charge in [-0.1, -0.05) is 18.7 Å². The number of hydrogen-bond acceptors (Lipinski definition) is 6. The monoisotopic (exact) mass is 406 g/mol. The van der Waals surface area contributed by atoms with Crippen molar-refractivity contribution in [1.29, 1.82) is 0 Å². The average molecular weight is 406 g/mol. The van der Waals surface area contributed by atoms with E-state index in [9.17, 15) is 23.6 Å².